The fourth-order valence-electron chi connectivity index (χ4n) is 2.96. The highest BCUT2D eigenvalue weighted by atomic mass is 19.1. The van der Waals surface area contributed by atoms with Gasteiger partial charge in [0.25, 0.3) is 0 Å². The molecule has 5 heteroatoms. The Labute approximate surface area is 164 Å². The van der Waals surface area contributed by atoms with Crippen molar-refractivity contribution >= 4 is 17.3 Å². The molecule has 0 aliphatic heterocycles. The maximum Gasteiger partial charge on any atom is 0.228 e. The van der Waals surface area contributed by atoms with Gasteiger partial charge in [-0.3, -0.25) is 4.79 Å². The van der Waals surface area contributed by atoms with Gasteiger partial charge < -0.3 is 15.4 Å². The number of rotatable bonds is 8. The average molecular weight is 378 g/mol. The molecule has 0 atom stereocenters. The van der Waals surface area contributed by atoms with Gasteiger partial charge in [-0.1, -0.05) is 30.3 Å². The van der Waals surface area contributed by atoms with Crippen molar-refractivity contribution < 1.29 is 13.9 Å². The summed E-state index contributed by atoms with van der Waals surface area (Å²) in [4.78, 5) is 12.1. The SMILES string of the molecule is COc1ccccc1CCNc1ccc(NC(=O)Cc2cccc(F)c2)cc1. The van der Waals surface area contributed by atoms with Crippen LogP contribution in [0, 0.1) is 5.82 Å². The molecule has 2 N–H and O–H groups in total. The summed E-state index contributed by atoms with van der Waals surface area (Å²) in [7, 11) is 1.67. The van der Waals surface area contributed by atoms with Gasteiger partial charge in [0.15, 0.2) is 0 Å². The van der Waals surface area contributed by atoms with Crippen molar-refractivity contribution in [3.05, 3.63) is 89.7 Å². The second-order valence-electron chi connectivity index (χ2n) is 6.42. The summed E-state index contributed by atoms with van der Waals surface area (Å²) in [6.07, 6.45) is 0.979. The van der Waals surface area contributed by atoms with Gasteiger partial charge in [0.05, 0.1) is 13.5 Å². The predicted octanol–water partition coefficient (Wildman–Crippen LogP) is 4.67. The van der Waals surface area contributed by atoms with Gasteiger partial charge in [0.1, 0.15) is 11.6 Å². The first-order chi connectivity index (χ1) is 13.6. The average Bonchev–Trinajstić information content (AvgIpc) is 2.69. The van der Waals surface area contributed by atoms with E-state index in [1.54, 1.807) is 19.2 Å². The maximum atomic E-state index is 13.2. The minimum absolute atomic E-state index is 0.136. The molecule has 0 aliphatic rings. The molecule has 3 aromatic rings. The minimum atomic E-state index is -0.339. The van der Waals surface area contributed by atoms with E-state index in [1.165, 1.54) is 12.1 Å². The molecule has 0 fully saturated rings. The summed E-state index contributed by atoms with van der Waals surface area (Å²) in [5, 5.41) is 6.19. The number of ether oxygens (including phenoxy) is 1. The number of benzene rings is 3. The van der Waals surface area contributed by atoms with Crippen molar-refractivity contribution in [1.82, 2.24) is 0 Å². The lowest BCUT2D eigenvalue weighted by Gasteiger charge is -2.11. The first kappa shape index (κ1) is 19.4. The molecule has 0 saturated heterocycles. The smallest absolute Gasteiger partial charge is 0.228 e. The number of nitrogens with one attached hydrogen (secondary N) is 2. The molecule has 3 aromatic carbocycles. The Hall–Kier alpha value is -3.34. The Bertz CT molecular complexity index is 926. The van der Waals surface area contributed by atoms with Crippen LogP contribution in [0.1, 0.15) is 11.1 Å². The van der Waals surface area contributed by atoms with E-state index in [0.717, 1.165) is 30.0 Å². The molecule has 0 aliphatic carbocycles. The lowest BCUT2D eigenvalue weighted by Crippen LogP contribution is -2.14. The molecule has 0 heterocycles. The van der Waals surface area contributed by atoms with E-state index in [1.807, 2.05) is 42.5 Å². The van der Waals surface area contributed by atoms with Crippen LogP contribution >= 0.6 is 0 Å². The zero-order valence-electron chi connectivity index (χ0n) is 15.7. The summed E-state index contributed by atoms with van der Waals surface area (Å²) in [5.41, 5.74) is 3.47. The molecule has 0 unspecified atom stereocenters. The predicted molar refractivity (Wildman–Crippen MR) is 110 cm³/mol. The van der Waals surface area contributed by atoms with Crippen LogP contribution in [0.3, 0.4) is 0 Å². The third-order valence-electron chi connectivity index (χ3n) is 4.34. The molecule has 144 valence electrons. The highest BCUT2D eigenvalue weighted by Crippen LogP contribution is 2.19. The second-order valence-corrected chi connectivity index (χ2v) is 6.42. The molecule has 4 nitrogen and oxygen atoms in total. The lowest BCUT2D eigenvalue weighted by molar-refractivity contribution is -0.115. The van der Waals surface area contributed by atoms with Gasteiger partial charge in [0.2, 0.25) is 5.91 Å². The fraction of sp³-hybridized carbons (Fsp3) is 0.174. The quantitative estimate of drug-likeness (QED) is 0.599. The van der Waals surface area contributed by atoms with E-state index in [0.29, 0.717) is 11.3 Å². The minimum Gasteiger partial charge on any atom is -0.496 e. The van der Waals surface area contributed by atoms with Crippen LogP contribution in [-0.2, 0) is 17.6 Å². The normalized spacial score (nSPS) is 10.4. The van der Waals surface area contributed by atoms with Crippen molar-refractivity contribution in [1.29, 1.82) is 0 Å². The van der Waals surface area contributed by atoms with E-state index < -0.39 is 0 Å². The van der Waals surface area contributed by atoms with Gasteiger partial charge in [-0.2, -0.15) is 0 Å². The highest BCUT2D eigenvalue weighted by Gasteiger charge is 2.05. The van der Waals surface area contributed by atoms with Crippen molar-refractivity contribution in [3.63, 3.8) is 0 Å². The number of halogens is 1. The van der Waals surface area contributed by atoms with Crippen LogP contribution in [0.4, 0.5) is 15.8 Å². The van der Waals surface area contributed by atoms with Crippen LogP contribution < -0.4 is 15.4 Å². The molecular weight excluding hydrogens is 355 g/mol. The van der Waals surface area contributed by atoms with E-state index in [-0.39, 0.29) is 18.1 Å². The summed E-state index contributed by atoms with van der Waals surface area (Å²) in [5.74, 6) is 0.372. The molecule has 0 bridgehead atoms. The number of amides is 1. The maximum absolute atomic E-state index is 13.2. The number of carbonyl (C=O) groups excluding carboxylic acids is 1. The summed E-state index contributed by atoms with van der Waals surface area (Å²) < 4.78 is 18.6. The van der Waals surface area contributed by atoms with Crippen molar-refractivity contribution in [2.45, 2.75) is 12.8 Å². The summed E-state index contributed by atoms with van der Waals surface area (Å²) in [6, 6.07) is 21.5. The third-order valence-corrected chi connectivity index (χ3v) is 4.34. The van der Waals surface area contributed by atoms with Crippen molar-refractivity contribution in [2.24, 2.45) is 0 Å². The molecule has 0 saturated carbocycles. The van der Waals surface area contributed by atoms with E-state index in [9.17, 15) is 9.18 Å². The van der Waals surface area contributed by atoms with Crippen LogP contribution in [0.15, 0.2) is 72.8 Å². The van der Waals surface area contributed by atoms with Crippen LogP contribution in [0.5, 0.6) is 5.75 Å². The third kappa shape index (κ3) is 5.58. The largest absolute Gasteiger partial charge is 0.496 e. The highest BCUT2D eigenvalue weighted by molar-refractivity contribution is 5.92. The molecular formula is C23H23FN2O2. The van der Waals surface area contributed by atoms with E-state index >= 15 is 0 Å². The number of carbonyl (C=O) groups is 1. The zero-order valence-corrected chi connectivity index (χ0v) is 15.7. The molecule has 0 spiro atoms. The zero-order chi connectivity index (χ0) is 19.8. The van der Waals surface area contributed by atoms with Gasteiger partial charge in [0, 0.05) is 17.9 Å². The van der Waals surface area contributed by atoms with Gasteiger partial charge >= 0.3 is 0 Å². The van der Waals surface area contributed by atoms with Crippen molar-refractivity contribution in [2.75, 3.05) is 24.3 Å². The first-order valence-corrected chi connectivity index (χ1v) is 9.14. The van der Waals surface area contributed by atoms with Crippen LogP contribution in [0.2, 0.25) is 0 Å². The number of para-hydroxylation sites is 1. The van der Waals surface area contributed by atoms with Gasteiger partial charge in [-0.05, 0) is 60.0 Å². The molecule has 0 aromatic heterocycles. The molecule has 1 amide bonds. The van der Waals surface area contributed by atoms with Crippen LogP contribution in [-0.4, -0.2) is 19.6 Å². The van der Waals surface area contributed by atoms with E-state index in [2.05, 4.69) is 16.7 Å². The van der Waals surface area contributed by atoms with Crippen molar-refractivity contribution in [3.8, 4) is 5.75 Å². The number of hydrogen-bond donors (Lipinski definition) is 2. The lowest BCUT2D eigenvalue weighted by atomic mass is 10.1. The number of methoxy groups -OCH3 is 1. The fourth-order valence-corrected chi connectivity index (χ4v) is 2.96. The van der Waals surface area contributed by atoms with Gasteiger partial charge in [-0.25, -0.2) is 4.39 Å². The Morgan fingerprint density at radius 2 is 1.71 bits per heavy atom. The van der Waals surface area contributed by atoms with Crippen LogP contribution in [0.25, 0.3) is 0 Å². The number of hydrogen-bond acceptors (Lipinski definition) is 3. The summed E-state index contributed by atoms with van der Waals surface area (Å²) >= 11 is 0. The second kappa shape index (κ2) is 9.55. The Kier molecular flexibility index (Phi) is 6.63. The monoisotopic (exact) mass is 378 g/mol. The molecule has 28 heavy (non-hydrogen) atoms. The summed E-state index contributed by atoms with van der Waals surface area (Å²) in [6.45, 7) is 0.769. The number of anilines is 2. The first-order valence-electron chi connectivity index (χ1n) is 9.14. The Morgan fingerprint density at radius 3 is 2.46 bits per heavy atom. The Morgan fingerprint density at radius 1 is 0.964 bits per heavy atom. The van der Waals surface area contributed by atoms with Gasteiger partial charge in [-0.15, -0.1) is 0 Å². The molecule has 0 radical (unpaired) electrons. The molecule has 3 rings (SSSR count). The topological polar surface area (TPSA) is 50.4 Å². The standard InChI is InChI=1S/C23H23FN2O2/c1-28-22-8-3-2-6-18(22)13-14-25-20-9-11-21(12-10-20)26-23(27)16-17-5-4-7-19(24)15-17/h2-12,15,25H,13-14,16H2,1H3,(H,26,27). The Balaban J connectivity index is 1.48. The van der Waals surface area contributed by atoms with E-state index in [4.69, 9.17) is 4.74 Å².